The van der Waals surface area contributed by atoms with Gasteiger partial charge in [0.15, 0.2) is 0 Å². The van der Waals surface area contributed by atoms with Crippen LogP contribution in [0.25, 0.3) is 0 Å². The average Bonchev–Trinajstić information content (AvgIpc) is 2.38. The molecule has 0 saturated heterocycles. The van der Waals surface area contributed by atoms with E-state index in [1.807, 2.05) is 12.1 Å². The van der Waals surface area contributed by atoms with Crippen molar-refractivity contribution in [2.24, 2.45) is 17.3 Å². The lowest BCUT2D eigenvalue weighted by molar-refractivity contribution is -0.132. The first-order chi connectivity index (χ1) is 9.50. The van der Waals surface area contributed by atoms with Crippen molar-refractivity contribution >= 4 is 5.91 Å². The van der Waals surface area contributed by atoms with Gasteiger partial charge in [0, 0.05) is 24.9 Å². The fourth-order valence-corrected chi connectivity index (χ4v) is 3.57. The molecule has 1 heterocycles. The van der Waals surface area contributed by atoms with E-state index in [0.29, 0.717) is 12.5 Å². The molecule has 2 rings (SSSR count). The Labute approximate surface area is 122 Å². The minimum atomic E-state index is 0.123. The number of pyridine rings is 1. The van der Waals surface area contributed by atoms with Crippen LogP contribution in [0.3, 0.4) is 0 Å². The predicted molar refractivity (Wildman–Crippen MR) is 81.2 cm³/mol. The summed E-state index contributed by atoms with van der Waals surface area (Å²) in [6, 6.07) is 4.00. The van der Waals surface area contributed by atoms with Crippen molar-refractivity contribution < 1.29 is 4.79 Å². The highest BCUT2D eigenvalue weighted by Gasteiger charge is 2.41. The van der Waals surface area contributed by atoms with E-state index in [9.17, 15) is 4.79 Å². The molecule has 1 fully saturated rings. The zero-order valence-corrected chi connectivity index (χ0v) is 12.9. The third-order valence-corrected chi connectivity index (χ3v) is 4.64. The van der Waals surface area contributed by atoms with Gasteiger partial charge in [-0.1, -0.05) is 27.2 Å². The van der Waals surface area contributed by atoms with Gasteiger partial charge in [0.05, 0.1) is 0 Å². The lowest BCUT2D eigenvalue weighted by atomic mass is 9.64. The van der Waals surface area contributed by atoms with Crippen LogP contribution in [0.5, 0.6) is 0 Å². The van der Waals surface area contributed by atoms with Crippen molar-refractivity contribution in [3.8, 4) is 0 Å². The summed E-state index contributed by atoms with van der Waals surface area (Å²) in [5.74, 6) is 0.865. The highest BCUT2D eigenvalue weighted by Crippen LogP contribution is 2.43. The lowest BCUT2D eigenvalue weighted by Gasteiger charge is -2.41. The van der Waals surface area contributed by atoms with Gasteiger partial charge in [-0.25, -0.2) is 0 Å². The van der Waals surface area contributed by atoms with Crippen molar-refractivity contribution in [3.05, 3.63) is 30.1 Å². The second-order valence-corrected chi connectivity index (χ2v) is 6.73. The van der Waals surface area contributed by atoms with Gasteiger partial charge in [0.2, 0.25) is 5.91 Å². The molecule has 0 spiro atoms. The molecule has 0 aliphatic heterocycles. The predicted octanol–water partition coefficient (Wildman–Crippen LogP) is 3.20. The van der Waals surface area contributed by atoms with Crippen molar-refractivity contribution in [2.45, 2.75) is 46.5 Å². The Morgan fingerprint density at radius 3 is 2.75 bits per heavy atom. The summed E-state index contributed by atoms with van der Waals surface area (Å²) in [4.78, 5) is 16.5. The van der Waals surface area contributed by atoms with Crippen LogP contribution in [0, 0.1) is 17.3 Å². The maximum atomic E-state index is 12.5. The van der Waals surface area contributed by atoms with Crippen LogP contribution in [0.2, 0.25) is 0 Å². The van der Waals surface area contributed by atoms with Crippen LogP contribution in [0.1, 0.15) is 45.6 Å². The summed E-state index contributed by atoms with van der Waals surface area (Å²) >= 11 is 0. The first kappa shape index (κ1) is 15.0. The molecule has 1 aliphatic rings. The summed E-state index contributed by atoms with van der Waals surface area (Å²) in [7, 11) is 0. The van der Waals surface area contributed by atoms with Gasteiger partial charge in [-0.05, 0) is 48.3 Å². The molecule has 1 aromatic rings. The van der Waals surface area contributed by atoms with Crippen molar-refractivity contribution in [1.82, 2.24) is 10.3 Å². The van der Waals surface area contributed by atoms with Gasteiger partial charge in [-0.2, -0.15) is 0 Å². The van der Waals surface area contributed by atoms with E-state index in [1.54, 1.807) is 12.4 Å². The number of carbonyl (C=O) groups excluding carboxylic acids is 1. The monoisotopic (exact) mass is 274 g/mol. The molecule has 0 aromatic carbocycles. The standard InChI is InChI=1S/C17H26N2O/c1-13-5-4-9-17(2,3)15(13)16(20)19-12-8-14-6-10-18-11-7-14/h6-7,10-11,13,15H,4-5,8-9,12H2,1-3H3,(H,19,20). The maximum absolute atomic E-state index is 12.5. The van der Waals surface area contributed by atoms with Gasteiger partial charge < -0.3 is 5.32 Å². The highest BCUT2D eigenvalue weighted by molar-refractivity contribution is 5.79. The molecule has 20 heavy (non-hydrogen) atoms. The summed E-state index contributed by atoms with van der Waals surface area (Å²) in [6.07, 6.45) is 8.03. The quantitative estimate of drug-likeness (QED) is 0.916. The van der Waals surface area contributed by atoms with Crippen LogP contribution in [0.4, 0.5) is 0 Å². The lowest BCUT2D eigenvalue weighted by Crippen LogP contribution is -2.45. The molecule has 1 amide bonds. The smallest absolute Gasteiger partial charge is 0.223 e. The summed E-state index contributed by atoms with van der Waals surface area (Å²) in [5, 5.41) is 3.13. The SMILES string of the molecule is CC1CCCC(C)(C)C1C(=O)NCCc1ccncc1. The van der Waals surface area contributed by atoms with E-state index in [0.717, 1.165) is 12.8 Å². The number of carbonyl (C=O) groups is 1. The summed E-state index contributed by atoms with van der Waals surface area (Å²) < 4.78 is 0. The molecule has 1 aliphatic carbocycles. The van der Waals surface area contributed by atoms with Gasteiger partial charge in [0.1, 0.15) is 0 Å². The molecule has 0 bridgehead atoms. The molecular formula is C17H26N2O. The molecule has 110 valence electrons. The Morgan fingerprint density at radius 1 is 1.40 bits per heavy atom. The van der Waals surface area contributed by atoms with Gasteiger partial charge in [-0.15, -0.1) is 0 Å². The Kier molecular flexibility index (Phi) is 4.79. The van der Waals surface area contributed by atoms with E-state index < -0.39 is 0 Å². The Morgan fingerprint density at radius 2 is 2.10 bits per heavy atom. The Hall–Kier alpha value is -1.38. The largest absolute Gasteiger partial charge is 0.356 e. The fraction of sp³-hybridized carbons (Fsp3) is 0.647. The molecule has 3 heteroatoms. The van der Waals surface area contributed by atoms with Crippen molar-refractivity contribution in [2.75, 3.05) is 6.54 Å². The number of amides is 1. The van der Waals surface area contributed by atoms with E-state index >= 15 is 0 Å². The fourth-order valence-electron chi connectivity index (χ4n) is 3.57. The summed E-state index contributed by atoms with van der Waals surface area (Å²) in [6.45, 7) is 7.39. The van der Waals surface area contributed by atoms with Gasteiger partial charge >= 0.3 is 0 Å². The average molecular weight is 274 g/mol. The number of aromatic nitrogens is 1. The number of rotatable bonds is 4. The molecule has 2 unspecified atom stereocenters. The minimum Gasteiger partial charge on any atom is -0.356 e. The van der Waals surface area contributed by atoms with Crippen molar-refractivity contribution in [1.29, 1.82) is 0 Å². The van der Waals surface area contributed by atoms with Crippen LogP contribution in [-0.4, -0.2) is 17.4 Å². The maximum Gasteiger partial charge on any atom is 0.223 e. The molecule has 0 radical (unpaired) electrons. The molecule has 2 atom stereocenters. The van der Waals surface area contributed by atoms with Gasteiger partial charge in [0.25, 0.3) is 0 Å². The number of nitrogens with zero attached hydrogens (tertiary/aromatic N) is 1. The Balaban J connectivity index is 1.87. The molecular weight excluding hydrogens is 248 g/mol. The molecule has 1 aromatic heterocycles. The van der Waals surface area contributed by atoms with E-state index in [1.165, 1.54) is 18.4 Å². The first-order valence-electron chi connectivity index (χ1n) is 7.67. The normalized spacial score (nSPS) is 25.1. The minimum absolute atomic E-state index is 0.123. The number of hydrogen-bond acceptors (Lipinski definition) is 2. The Bertz CT molecular complexity index is 442. The number of hydrogen-bond donors (Lipinski definition) is 1. The topological polar surface area (TPSA) is 42.0 Å². The third-order valence-electron chi connectivity index (χ3n) is 4.64. The molecule has 3 nitrogen and oxygen atoms in total. The second kappa shape index (κ2) is 6.38. The van der Waals surface area contributed by atoms with Crippen LogP contribution in [-0.2, 0) is 11.2 Å². The van der Waals surface area contributed by atoms with Crippen LogP contribution in [0.15, 0.2) is 24.5 Å². The van der Waals surface area contributed by atoms with Gasteiger partial charge in [-0.3, -0.25) is 9.78 Å². The number of nitrogens with one attached hydrogen (secondary N) is 1. The molecule has 1 saturated carbocycles. The van der Waals surface area contributed by atoms with E-state index in [2.05, 4.69) is 31.1 Å². The zero-order chi connectivity index (χ0) is 14.6. The van der Waals surface area contributed by atoms with E-state index in [-0.39, 0.29) is 17.2 Å². The van der Waals surface area contributed by atoms with Crippen LogP contribution < -0.4 is 5.32 Å². The molecule has 1 N–H and O–H groups in total. The highest BCUT2D eigenvalue weighted by atomic mass is 16.1. The third kappa shape index (κ3) is 3.59. The second-order valence-electron chi connectivity index (χ2n) is 6.73. The summed E-state index contributed by atoms with van der Waals surface area (Å²) in [5.41, 5.74) is 1.34. The van der Waals surface area contributed by atoms with E-state index in [4.69, 9.17) is 0 Å². The van der Waals surface area contributed by atoms with Crippen molar-refractivity contribution in [3.63, 3.8) is 0 Å². The first-order valence-corrected chi connectivity index (χ1v) is 7.67. The zero-order valence-electron chi connectivity index (χ0n) is 12.9. The van der Waals surface area contributed by atoms with Crippen LogP contribution >= 0.6 is 0 Å².